The molecule has 0 bridgehead atoms. The second kappa shape index (κ2) is 8.67. The van der Waals surface area contributed by atoms with Crippen LogP contribution >= 0.6 is 12.4 Å². The van der Waals surface area contributed by atoms with E-state index in [9.17, 15) is 24.5 Å². The minimum Gasteiger partial charge on any atom is -0.535 e. The van der Waals surface area contributed by atoms with Crippen molar-refractivity contribution in [1.29, 1.82) is 0 Å². The molecule has 28 heavy (non-hydrogen) atoms. The summed E-state index contributed by atoms with van der Waals surface area (Å²) in [5, 5.41) is 19.2. The van der Waals surface area contributed by atoms with Gasteiger partial charge >= 0.3 is 13.1 Å². The monoisotopic (exact) mass is 413 g/mol. The molecule has 0 radical (unpaired) electrons. The van der Waals surface area contributed by atoms with Gasteiger partial charge in [0.25, 0.3) is 0 Å². The molecular weight excluding hydrogens is 392 g/mol. The fraction of sp³-hybridized carbons (Fsp3) is 0.438. The molecule has 12 heteroatoms. The van der Waals surface area contributed by atoms with Gasteiger partial charge in [-0.1, -0.05) is 6.07 Å². The van der Waals surface area contributed by atoms with Crippen molar-refractivity contribution in [3.8, 4) is 11.5 Å². The lowest BCUT2D eigenvalue weighted by Gasteiger charge is -2.39. The Hall–Kier alpha value is -2.50. The fourth-order valence-electron chi connectivity index (χ4n) is 3.03. The van der Waals surface area contributed by atoms with Crippen molar-refractivity contribution in [3.63, 3.8) is 0 Å². The summed E-state index contributed by atoms with van der Waals surface area (Å²) in [6.07, 6.45) is 0.304. The van der Waals surface area contributed by atoms with E-state index in [1.165, 1.54) is 4.90 Å². The molecule has 1 fully saturated rings. The maximum absolute atomic E-state index is 12.0. The zero-order valence-electron chi connectivity index (χ0n) is 14.9. The molecule has 0 spiro atoms. The van der Waals surface area contributed by atoms with Crippen LogP contribution in [0.2, 0.25) is 6.32 Å². The van der Waals surface area contributed by atoms with Gasteiger partial charge in [-0.25, -0.2) is 4.79 Å². The quantitative estimate of drug-likeness (QED) is 0.432. The number of aryl methyl sites for hydroxylation is 1. The van der Waals surface area contributed by atoms with Crippen LogP contribution in [0.3, 0.4) is 0 Å². The first-order valence-corrected chi connectivity index (χ1v) is 8.49. The van der Waals surface area contributed by atoms with Gasteiger partial charge in [0, 0.05) is 0 Å². The lowest BCUT2D eigenvalue weighted by Crippen LogP contribution is -2.57. The molecule has 2 heterocycles. The zero-order chi connectivity index (χ0) is 19.7. The highest BCUT2D eigenvalue weighted by molar-refractivity contribution is 6.44. The van der Waals surface area contributed by atoms with Gasteiger partial charge < -0.3 is 35.9 Å². The summed E-state index contributed by atoms with van der Waals surface area (Å²) in [5.74, 6) is -2.08. The van der Waals surface area contributed by atoms with E-state index in [0.29, 0.717) is 18.3 Å². The molecule has 3 rings (SSSR count). The largest absolute Gasteiger partial charge is 0.535 e. The van der Waals surface area contributed by atoms with Crippen LogP contribution in [0, 0.1) is 0 Å². The number of carboxylic acids is 1. The van der Waals surface area contributed by atoms with Gasteiger partial charge in [-0.05, 0) is 24.4 Å². The van der Waals surface area contributed by atoms with Crippen molar-refractivity contribution in [2.24, 2.45) is 11.5 Å². The summed E-state index contributed by atoms with van der Waals surface area (Å²) in [4.78, 5) is 36.0. The molecule has 10 nitrogen and oxygen atoms in total. The second-order valence-electron chi connectivity index (χ2n) is 6.59. The molecule has 0 saturated carbocycles. The highest BCUT2D eigenvalue weighted by atomic mass is 35.5. The standard InChI is InChI=1S/C16H20BN3O7.ClH/c18-10(15(19)22)5-12(21)20-6-9(7-20)26-11-2-1-8-3-4-17(25)27-14(8)13(11)16(23)24;/h1-2,9-10,25H,3-7,18H2,(H2,19,22)(H,23,24);1H. The Morgan fingerprint density at radius 3 is 2.64 bits per heavy atom. The minimum absolute atomic E-state index is 0. The topological polar surface area (TPSA) is 165 Å². The normalized spacial score (nSPS) is 16.8. The Morgan fingerprint density at radius 1 is 1.36 bits per heavy atom. The molecule has 1 aromatic carbocycles. The van der Waals surface area contributed by atoms with E-state index in [-0.39, 0.29) is 54.9 Å². The number of rotatable bonds is 6. The van der Waals surface area contributed by atoms with Crippen molar-refractivity contribution in [3.05, 3.63) is 23.3 Å². The number of benzene rings is 1. The first-order valence-electron chi connectivity index (χ1n) is 8.49. The number of aromatic carboxylic acids is 1. The van der Waals surface area contributed by atoms with Crippen LogP contribution in [0.25, 0.3) is 0 Å². The molecule has 1 unspecified atom stereocenters. The van der Waals surface area contributed by atoms with E-state index < -0.39 is 31.1 Å². The maximum Gasteiger partial charge on any atom is 0.522 e. The lowest BCUT2D eigenvalue weighted by atomic mass is 9.78. The Labute approximate surface area is 167 Å². The van der Waals surface area contributed by atoms with Gasteiger partial charge in [-0.2, -0.15) is 0 Å². The number of hydrogen-bond acceptors (Lipinski definition) is 7. The van der Waals surface area contributed by atoms with Crippen LogP contribution in [0.1, 0.15) is 22.3 Å². The second-order valence-corrected chi connectivity index (χ2v) is 6.59. The maximum atomic E-state index is 12.0. The summed E-state index contributed by atoms with van der Waals surface area (Å²) in [6, 6.07) is 2.22. The smallest absolute Gasteiger partial charge is 0.522 e. The number of likely N-dealkylation sites (tertiary alicyclic amines) is 1. The first kappa shape index (κ1) is 21.8. The van der Waals surface area contributed by atoms with Gasteiger partial charge in [-0.15, -0.1) is 12.4 Å². The van der Waals surface area contributed by atoms with Gasteiger partial charge in [0.2, 0.25) is 11.8 Å². The predicted octanol–water partition coefficient (Wildman–Crippen LogP) is -0.986. The molecule has 2 aliphatic heterocycles. The number of nitrogens with two attached hydrogens (primary N) is 2. The number of halogens is 1. The molecule has 1 aromatic rings. The summed E-state index contributed by atoms with van der Waals surface area (Å²) in [6.45, 7) is 0.480. The summed E-state index contributed by atoms with van der Waals surface area (Å²) in [7, 11) is -1.06. The third kappa shape index (κ3) is 4.49. The highest BCUT2D eigenvalue weighted by Crippen LogP contribution is 2.37. The average molecular weight is 414 g/mol. The van der Waals surface area contributed by atoms with Crippen molar-refractivity contribution in [1.82, 2.24) is 4.90 Å². The SMILES string of the molecule is Cl.NC(=O)C(N)CC(=O)N1CC(Oc2ccc3c(c2C(=O)O)OB(O)CC3)C1. The average Bonchev–Trinajstić information content (AvgIpc) is 2.56. The van der Waals surface area contributed by atoms with Crippen molar-refractivity contribution in [2.45, 2.75) is 31.3 Å². The Kier molecular flexibility index (Phi) is 6.75. The van der Waals surface area contributed by atoms with E-state index in [2.05, 4.69) is 0 Å². The lowest BCUT2D eigenvalue weighted by molar-refractivity contribution is -0.141. The van der Waals surface area contributed by atoms with Gasteiger partial charge in [0.05, 0.1) is 25.6 Å². The Balaban J connectivity index is 0.00000280. The van der Waals surface area contributed by atoms with Crippen LogP contribution in [-0.2, 0) is 16.0 Å². The molecule has 2 amide bonds. The number of carbonyl (C=O) groups is 3. The third-order valence-electron chi connectivity index (χ3n) is 4.58. The Morgan fingerprint density at radius 2 is 2.04 bits per heavy atom. The number of fused-ring (bicyclic) bond motifs is 1. The molecule has 2 aliphatic rings. The van der Waals surface area contributed by atoms with E-state index in [0.717, 1.165) is 0 Å². The minimum atomic E-state index is -1.23. The molecule has 0 aromatic heterocycles. The number of carbonyl (C=O) groups excluding carboxylic acids is 2. The summed E-state index contributed by atoms with van der Waals surface area (Å²) < 4.78 is 11.0. The van der Waals surface area contributed by atoms with Crippen LogP contribution in [0.5, 0.6) is 11.5 Å². The molecule has 1 atom stereocenters. The van der Waals surface area contributed by atoms with E-state index in [1.807, 2.05) is 0 Å². The number of nitrogens with zero attached hydrogens (tertiary/aromatic N) is 1. The number of amides is 2. The highest BCUT2D eigenvalue weighted by Gasteiger charge is 2.36. The Bertz CT molecular complexity index is 788. The number of primary amides is 1. The van der Waals surface area contributed by atoms with Crippen LogP contribution in [-0.4, -0.2) is 65.2 Å². The van der Waals surface area contributed by atoms with Gasteiger partial charge in [0.15, 0.2) is 0 Å². The number of carboxylic acid groups (broad SMARTS) is 1. The molecule has 6 N–H and O–H groups in total. The van der Waals surface area contributed by atoms with E-state index >= 15 is 0 Å². The number of hydrogen-bond donors (Lipinski definition) is 4. The first-order chi connectivity index (χ1) is 12.8. The van der Waals surface area contributed by atoms with Crippen molar-refractivity contribution in [2.75, 3.05) is 13.1 Å². The van der Waals surface area contributed by atoms with Crippen LogP contribution in [0.4, 0.5) is 0 Å². The molecule has 0 aliphatic carbocycles. The van der Waals surface area contributed by atoms with E-state index in [4.69, 9.17) is 20.9 Å². The van der Waals surface area contributed by atoms with Gasteiger partial charge in [-0.3, -0.25) is 9.59 Å². The fourth-order valence-corrected chi connectivity index (χ4v) is 3.03. The molecular formula is C16H21BClN3O7. The van der Waals surface area contributed by atoms with Crippen molar-refractivity contribution >= 4 is 37.3 Å². The number of ether oxygens (including phenoxy) is 1. The summed E-state index contributed by atoms with van der Waals surface area (Å²) in [5.41, 5.74) is 11.1. The van der Waals surface area contributed by atoms with Gasteiger partial charge in [0.1, 0.15) is 23.2 Å². The summed E-state index contributed by atoms with van der Waals surface area (Å²) >= 11 is 0. The predicted molar refractivity (Wildman–Crippen MR) is 101 cm³/mol. The zero-order valence-corrected chi connectivity index (χ0v) is 15.7. The van der Waals surface area contributed by atoms with Crippen LogP contribution in [0.15, 0.2) is 12.1 Å². The van der Waals surface area contributed by atoms with Crippen LogP contribution < -0.4 is 20.9 Å². The third-order valence-corrected chi connectivity index (χ3v) is 4.58. The van der Waals surface area contributed by atoms with Crippen molar-refractivity contribution < 1.29 is 33.9 Å². The molecule has 1 saturated heterocycles. The molecule has 152 valence electrons. The van der Waals surface area contributed by atoms with E-state index in [1.54, 1.807) is 12.1 Å².